The summed E-state index contributed by atoms with van der Waals surface area (Å²) in [6, 6.07) is 5.38. The summed E-state index contributed by atoms with van der Waals surface area (Å²) in [6.07, 6.45) is 3.12. The van der Waals surface area contributed by atoms with Gasteiger partial charge < -0.3 is 11.1 Å². The topological polar surface area (TPSA) is 68.0 Å². The number of nitrogens with two attached hydrogens (primary N) is 1. The number of nitrogens with one attached hydrogen (secondary N) is 1. The van der Waals surface area contributed by atoms with Gasteiger partial charge in [0.05, 0.1) is 6.54 Å². The van der Waals surface area contributed by atoms with Crippen molar-refractivity contribution in [2.45, 2.75) is 19.3 Å². The molecule has 0 aromatic carbocycles. The molecule has 2 rings (SSSR count). The van der Waals surface area contributed by atoms with Crippen molar-refractivity contribution in [1.82, 2.24) is 4.98 Å². The van der Waals surface area contributed by atoms with E-state index in [9.17, 15) is 4.79 Å². The first-order valence-electron chi connectivity index (χ1n) is 5.76. The Morgan fingerprint density at radius 2 is 2.35 bits per heavy atom. The highest BCUT2D eigenvalue weighted by molar-refractivity contribution is 5.92. The van der Waals surface area contributed by atoms with Crippen LogP contribution in [0.5, 0.6) is 0 Å². The summed E-state index contributed by atoms with van der Waals surface area (Å²) < 4.78 is 0. The van der Waals surface area contributed by atoms with E-state index in [0.717, 1.165) is 19.3 Å². The fraction of sp³-hybridized carbons (Fsp3) is 0.385. The molecule has 3 N–H and O–H groups in total. The molecule has 1 aromatic heterocycles. The van der Waals surface area contributed by atoms with Gasteiger partial charge in [-0.15, -0.1) is 0 Å². The minimum absolute atomic E-state index is 0.0627. The van der Waals surface area contributed by atoms with Gasteiger partial charge in [-0.2, -0.15) is 0 Å². The predicted octanol–water partition coefficient (Wildman–Crippen LogP) is 1.13. The molecule has 0 spiro atoms. The highest BCUT2D eigenvalue weighted by Crippen LogP contribution is 2.27. The molecular weight excluding hydrogens is 214 g/mol. The van der Waals surface area contributed by atoms with E-state index in [4.69, 9.17) is 5.73 Å². The molecule has 0 saturated heterocycles. The van der Waals surface area contributed by atoms with Gasteiger partial charge in [0.25, 0.3) is 0 Å². The maximum absolute atomic E-state index is 11.7. The predicted molar refractivity (Wildman–Crippen MR) is 66.1 cm³/mol. The van der Waals surface area contributed by atoms with Crippen molar-refractivity contribution in [3.8, 4) is 11.8 Å². The molecule has 1 saturated carbocycles. The summed E-state index contributed by atoms with van der Waals surface area (Å²) in [4.78, 5) is 15.9. The molecule has 88 valence electrons. The number of amides is 1. The van der Waals surface area contributed by atoms with Gasteiger partial charge in [-0.1, -0.05) is 18.4 Å². The third-order valence-electron chi connectivity index (χ3n) is 2.79. The van der Waals surface area contributed by atoms with E-state index in [1.54, 1.807) is 12.1 Å². The van der Waals surface area contributed by atoms with Crippen molar-refractivity contribution in [1.29, 1.82) is 0 Å². The van der Waals surface area contributed by atoms with E-state index in [1.807, 2.05) is 6.07 Å². The molecule has 1 aliphatic carbocycles. The van der Waals surface area contributed by atoms with Crippen LogP contribution < -0.4 is 11.1 Å². The Kier molecular flexibility index (Phi) is 3.73. The van der Waals surface area contributed by atoms with Crippen LogP contribution in [0, 0.1) is 17.8 Å². The molecule has 0 radical (unpaired) electrons. The summed E-state index contributed by atoms with van der Waals surface area (Å²) in [5, 5.41) is 2.81. The fourth-order valence-corrected chi connectivity index (χ4v) is 1.61. The smallest absolute Gasteiger partial charge is 0.228 e. The van der Waals surface area contributed by atoms with Gasteiger partial charge in [-0.3, -0.25) is 4.79 Å². The third kappa shape index (κ3) is 3.05. The highest BCUT2D eigenvalue weighted by atomic mass is 16.2. The lowest BCUT2D eigenvalue weighted by atomic mass is 9.85. The molecule has 1 fully saturated rings. The lowest BCUT2D eigenvalue weighted by molar-refractivity contribution is -0.122. The number of anilines is 1. The monoisotopic (exact) mass is 229 g/mol. The molecule has 1 amide bonds. The first kappa shape index (κ1) is 11.6. The average molecular weight is 229 g/mol. The average Bonchev–Trinajstić information content (AvgIpc) is 2.24. The Bertz CT molecular complexity index is 469. The Morgan fingerprint density at radius 3 is 3.00 bits per heavy atom. The van der Waals surface area contributed by atoms with Crippen LogP contribution in [0.3, 0.4) is 0 Å². The Hall–Kier alpha value is -1.86. The third-order valence-corrected chi connectivity index (χ3v) is 2.79. The summed E-state index contributed by atoms with van der Waals surface area (Å²) in [5.74, 6) is 6.36. The van der Waals surface area contributed by atoms with Gasteiger partial charge in [0, 0.05) is 5.92 Å². The van der Waals surface area contributed by atoms with Gasteiger partial charge in [-0.25, -0.2) is 4.98 Å². The second kappa shape index (κ2) is 5.46. The molecule has 1 aromatic rings. The molecule has 1 heterocycles. The van der Waals surface area contributed by atoms with Crippen molar-refractivity contribution in [3.05, 3.63) is 23.9 Å². The summed E-state index contributed by atoms with van der Waals surface area (Å²) in [7, 11) is 0. The maximum atomic E-state index is 11.7. The van der Waals surface area contributed by atoms with E-state index < -0.39 is 0 Å². The van der Waals surface area contributed by atoms with Crippen LogP contribution in [0.1, 0.15) is 25.0 Å². The van der Waals surface area contributed by atoms with Crippen molar-refractivity contribution >= 4 is 11.7 Å². The standard InChI is InChI=1S/C13H15N3O/c14-9-3-7-11-6-2-8-12(15-11)16-13(17)10-4-1-5-10/h2,6,8,10H,1,4-5,9,14H2,(H,15,16,17). The van der Waals surface area contributed by atoms with Crippen LogP contribution in [0.4, 0.5) is 5.82 Å². The quantitative estimate of drug-likeness (QED) is 0.747. The van der Waals surface area contributed by atoms with Crippen LogP contribution >= 0.6 is 0 Å². The van der Waals surface area contributed by atoms with E-state index in [0.29, 0.717) is 18.1 Å². The number of pyridine rings is 1. The van der Waals surface area contributed by atoms with Crippen molar-refractivity contribution in [2.75, 3.05) is 11.9 Å². The molecule has 4 nitrogen and oxygen atoms in total. The van der Waals surface area contributed by atoms with E-state index in [1.165, 1.54) is 0 Å². The first-order chi connectivity index (χ1) is 8.29. The molecular formula is C13H15N3O. The summed E-state index contributed by atoms with van der Waals surface area (Å²) in [5.41, 5.74) is 5.92. The lowest BCUT2D eigenvalue weighted by Gasteiger charge is -2.23. The Balaban J connectivity index is 2.02. The zero-order chi connectivity index (χ0) is 12.1. The van der Waals surface area contributed by atoms with E-state index in [-0.39, 0.29) is 11.8 Å². The van der Waals surface area contributed by atoms with Gasteiger partial charge in [0.1, 0.15) is 11.5 Å². The number of aromatic nitrogens is 1. The highest BCUT2D eigenvalue weighted by Gasteiger charge is 2.25. The first-order valence-corrected chi connectivity index (χ1v) is 5.76. The van der Waals surface area contributed by atoms with Gasteiger partial charge in [0.2, 0.25) is 5.91 Å². The van der Waals surface area contributed by atoms with Gasteiger partial charge in [0.15, 0.2) is 0 Å². The second-order valence-corrected chi connectivity index (χ2v) is 4.03. The molecule has 4 heteroatoms. The fourth-order valence-electron chi connectivity index (χ4n) is 1.61. The number of nitrogens with zero attached hydrogens (tertiary/aromatic N) is 1. The molecule has 0 bridgehead atoms. The van der Waals surface area contributed by atoms with E-state index in [2.05, 4.69) is 22.1 Å². The molecule has 0 unspecified atom stereocenters. The largest absolute Gasteiger partial charge is 0.320 e. The van der Waals surface area contributed by atoms with Crippen molar-refractivity contribution in [2.24, 2.45) is 11.7 Å². The summed E-state index contributed by atoms with van der Waals surface area (Å²) in [6.45, 7) is 0.306. The number of rotatable bonds is 2. The molecule has 0 atom stereocenters. The number of carbonyl (C=O) groups is 1. The maximum Gasteiger partial charge on any atom is 0.228 e. The van der Waals surface area contributed by atoms with Crippen LogP contribution in [-0.2, 0) is 4.79 Å². The minimum Gasteiger partial charge on any atom is -0.320 e. The van der Waals surface area contributed by atoms with Crippen LogP contribution in [0.2, 0.25) is 0 Å². The zero-order valence-corrected chi connectivity index (χ0v) is 9.57. The number of carbonyl (C=O) groups excluding carboxylic acids is 1. The van der Waals surface area contributed by atoms with Crippen molar-refractivity contribution < 1.29 is 4.79 Å². The minimum atomic E-state index is 0.0627. The zero-order valence-electron chi connectivity index (χ0n) is 9.57. The van der Waals surface area contributed by atoms with Gasteiger partial charge in [-0.05, 0) is 30.9 Å². The van der Waals surface area contributed by atoms with Crippen LogP contribution in [0.15, 0.2) is 18.2 Å². The molecule has 17 heavy (non-hydrogen) atoms. The summed E-state index contributed by atoms with van der Waals surface area (Å²) >= 11 is 0. The second-order valence-electron chi connectivity index (χ2n) is 4.03. The number of hydrogen-bond donors (Lipinski definition) is 2. The van der Waals surface area contributed by atoms with Crippen LogP contribution in [0.25, 0.3) is 0 Å². The molecule has 0 aliphatic heterocycles. The van der Waals surface area contributed by atoms with Crippen molar-refractivity contribution in [3.63, 3.8) is 0 Å². The SMILES string of the molecule is NCC#Cc1cccc(NC(=O)C2CCC2)n1. The Morgan fingerprint density at radius 1 is 1.53 bits per heavy atom. The van der Waals surface area contributed by atoms with E-state index >= 15 is 0 Å². The van der Waals surface area contributed by atoms with Gasteiger partial charge >= 0.3 is 0 Å². The van der Waals surface area contributed by atoms with Crippen LogP contribution in [-0.4, -0.2) is 17.4 Å². The Labute approximate surface area is 101 Å². The molecule has 1 aliphatic rings. The lowest BCUT2D eigenvalue weighted by Crippen LogP contribution is -2.28. The number of hydrogen-bond acceptors (Lipinski definition) is 3. The normalized spacial score (nSPS) is 14.4.